The number of nitrogens with zero attached hydrogens (tertiary/aromatic N) is 2. The summed E-state index contributed by atoms with van der Waals surface area (Å²) in [5, 5.41) is 3.67. The normalized spacial score (nSPS) is 17.9. The highest BCUT2D eigenvalue weighted by atomic mass is 32.2. The van der Waals surface area contributed by atoms with Gasteiger partial charge in [0.15, 0.2) is 5.17 Å². The Morgan fingerprint density at radius 3 is 2.61 bits per heavy atom. The molecule has 3 rings (SSSR count). The van der Waals surface area contributed by atoms with Crippen LogP contribution in [0, 0.1) is 6.92 Å². The summed E-state index contributed by atoms with van der Waals surface area (Å²) in [5.41, 5.74) is 2.38. The summed E-state index contributed by atoms with van der Waals surface area (Å²) in [4.78, 5) is 7.04. The molecule has 0 unspecified atom stereocenters. The molecule has 0 radical (unpaired) electrons. The molecule has 1 saturated heterocycles. The lowest BCUT2D eigenvalue weighted by Crippen LogP contribution is -2.17. The predicted molar refractivity (Wildman–Crippen MR) is 80.9 cm³/mol. The van der Waals surface area contributed by atoms with E-state index in [2.05, 4.69) is 55.3 Å². The molecule has 0 atom stereocenters. The van der Waals surface area contributed by atoms with E-state index in [-0.39, 0.29) is 0 Å². The Kier molecular flexibility index (Phi) is 3.00. The zero-order valence-corrected chi connectivity index (χ0v) is 11.5. The number of thioether (sulfide) groups is 1. The first-order chi connectivity index (χ1) is 8.75. The zero-order valence-electron chi connectivity index (χ0n) is 10.7. The van der Waals surface area contributed by atoms with Crippen molar-refractivity contribution in [2.45, 2.75) is 6.92 Å². The summed E-state index contributed by atoms with van der Waals surface area (Å²) in [7, 11) is 2.11. The van der Waals surface area contributed by atoms with E-state index in [4.69, 9.17) is 4.99 Å². The van der Waals surface area contributed by atoms with Gasteiger partial charge < -0.3 is 4.90 Å². The fourth-order valence-electron chi connectivity index (χ4n) is 2.23. The highest BCUT2D eigenvalue weighted by Crippen LogP contribution is 2.30. The molecule has 92 valence electrons. The van der Waals surface area contributed by atoms with Crippen LogP contribution in [-0.2, 0) is 0 Å². The molecule has 0 aliphatic carbocycles. The fourth-order valence-corrected chi connectivity index (χ4v) is 3.25. The second kappa shape index (κ2) is 4.65. The molecule has 0 spiro atoms. The number of hydrogen-bond acceptors (Lipinski definition) is 2. The zero-order chi connectivity index (χ0) is 12.5. The van der Waals surface area contributed by atoms with Crippen molar-refractivity contribution in [1.29, 1.82) is 0 Å². The van der Waals surface area contributed by atoms with E-state index in [0.717, 1.165) is 23.2 Å². The van der Waals surface area contributed by atoms with Gasteiger partial charge in [0.1, 0.15) is 0 Å². The van der Waals surface area contributed by atoms with Crippen molar-refractivity contribution >= 4 is 33.4 Å². The average molecular weight is 256 g/mol. The van der Waals surface area contributed by atoms with E-state index in [0.29, 0.717) is 0 Å². The lowest BCUT2D eigenvalue weighted by Gasteiger charge is -2.11. The Bertz CT molecular complexity index is 619. The number of aryl methyl sites for hydroxylation is 1. The van der Waals surface area contributed by atoms with Gasteiger partial charge in [-0.3, -0.25) is 0 Å². The highest BCUT2D eigenvalue weighted by molar-refractivity contribution is 8.14. The molecule has 1 heterocycles. The van der Waals surface area contributed by atoms with Crippen molar-refractivity contribution < 1.29 is 0 Å². The molecule has 0 amide bonds. The van der Waals surface area contributed by atoms with Crippen molar-refractivity contribution in [3.05, 3.63) is 42.0 Å². The molecule has 1 aliphatic rings. The molecule has 0 aromatic heterocycles. The Balaban J connectivity index is 2.15. The number of aliphatic imine (C=N–C) groups is 1. The Hall–Kier alpha value is -1.48. The van der Waals surface area contributed by atoms with Crippen LogP contribution in [-0.4, -0.2) is 29.4 Å². The van der Waals surface area contributed by atoms with Crippen molar-refractivity contribution in [3.63, 3.8) is 0 Å². The standard InChI is InChI=1S/C15H16N2S/c1-11-7-8-14(13-6-4-3-5-12(11)13)16-15-17(2)9-10-18-15/h3-8H,9-10H2,1-2H3. The number of fused-ring (bicyclic) bond motifs is 1. The molecular weight excluding hydrogens is 240 g/mol. The molecule has 0 saturated carbocycles. The molecule has 0 bridgehead atoms. The van der Waals surface area contributed by atoms with Crippen LogP contribution in [0.5, 0.6) is 0 Å². The molecular formula is C15H16N2S. The third-order valence-corrected chi connectivity index (χ3v) is 4.37. The van der Waals surface area contributed by atoms with Crippen LogP contribution in [0.1, 0.15) is 5.56 Å². The molecule has 18 heavy (non-hydrogen) atoms. The smallest absolute Gasteiger partial charge is 0.164 e. The first-order valence-corrected chi connectivity index (χ1v) is 7.15. The van der Waals surface area contributed by atoms with Gasteiger partial charge in [-0.2, -0.15) is 0 Å². The van der Waals surface area contributed by atoms with Gasteiger partial charge in [-0.05, 0) is 23.9 Å². The summed E-state index contributed by atoms with van der Waals surface area (Å²) in [6.07, 6.45) is 0. The maximum absolute atomic E-state index is 4.81. The Morgan fingerprint density at radius 1 is 1.11 bits per heavy atom. The first-order valence-electron chi connectivity index (χ1n) is 6.17. The van der Waals surface area contributed by atoms with Crippen LogP contribution in [0.15, 0.2) is 41.4 Å². The van der Waals surface area contributed by atoms with E-state index in [1.54, 1.807) is 0 Å². The third-order valence-electron chi connectivity index (χ3n) is 3.32. The summed E-state index contributed by atoms with van der Waals surface area (Å²) in [6, 6.07) is 12.8. The lowest BCUT2D eigenvalue weighted by molar-refractivity contribution is 0.563. The Morgan fingerprint density at radius 2 is 1.89 bits per heavy atom. The van der Waals surface area contributed by atoms with Crippen LogP contribution < -0.4 is 0 Å². The topological polar surface area (TPSA) is 15.6 Å². The number of hydrogen-bond donors (Lipinski definition) is 0. The van der Waals surface area contributed by atoms with Crippen LogP contribution in [0.25, 0.3) is 10.8 Å². The summed E-state index contributed by atoms with van der Waals surface area (Å²) in [5.74, 6) is 1.14. The van der Waals surface area contributed by atoms with Gasteiger partial charge in [-0.1, -0.05) is 42.1 Å². The second-order valence-electron chi connectivity index (χ2n) is 4.61. The Labute approximate surface area is 112 Å². The van der Waals surface area contributed by atoms with Crippen LogP contribution in [0.4, 0.5) is 5.69 Å². The average Bonchev–Trinajstić information content (AvgIpc) is 2.79. The number of benzene rings is 2. The van der Waals surface area contributed by atoms with E-state index < -0.39 is 0 Å². The van der Waals surface area contributed by atoms with Crippen molar-refractivity contribution in [2.24, 2.45) is 4.99 Å². The van der Waals surface area contributed by atoms with Gasteiger partial charge in [-0.15, -0.1) is 0 Å². The third kappa shape index (κ3) is 1.99. The molecule has 0 N–H and O–H groups in total. The first kappa shape index (κ1) is 11.6. The van der Waals surface area contributed by atoms with Gasteiger partial charge in [0.05, 0.1) is 5.69 Å². The monoisotopic (exact) mass is 256 g/mol. The number of amidine groups is 1. The van der Waals surface area contributed by atoms with Crippen LogP contribution in [0.2, 0.25) is 0 Å². The quantitative estimate of drug-likeness (QED) is 0.771. The van der Waals surface area contributed by atoms with E-state index in [1.165, 1.54) is 16.3 Å². The van der Waals surface area contributed by atoms with Crippen molar-refractivity contribution in [3.8, 4) is 0 Å². The van der Waals surface area contributed by atoms with Gasteiger partial charge in [0.25, 0.3) is 0 Å². The molecule has 2 nitrogen and oxygen atoms in total. The highest BCUT2D eigenvalue weighted by Gasteiger charge is 2.15. The van der Waals surface area contributed by atoms with Gasteiger partial charge in [0.2, 0.25) is 0 Å². The van der Waals surface area contributed by atoms with E-state index in [1.807, 2.05) is 11.8 Å². The van der Waals surface area contributed by atoms with Crippen molar-refractivity contribution in [2.75, 3.05) is 19.3 Å². The van der Waals surface area contributed by atoms with E-state index >= 15 is 0 Å². The van der Waals surface area contributed by atoms with Gasteiger partial charge in [0, 0.05) is 24.7 Å². The maximum atomic E-state index is 4.81. The lowest BCUT2D eigenvalue weighted by atomic mass is 10.0. The van der Waals surface area contributed by atoms with Gasteiger partial charge in [-0.25, -0.2) is 4.99 Å². The molecule has 2 aromatic carbocycles. The largest absolute Gasteiger partial charge is 0.353 e. The summed E-state index contributed by atoms with van der Waals surface area (Å²) >= 11 is 1.83. The molecule has 3 heteroatoms. The van der Waals surface area contributed by atoms with Gasteiger partial charge >= 0.3 is 0 Å². The fraction of sp³-hybridized carbons (Fsp3) is 0.267. The molecule has 2 aromatic rings. The predicted octanol–water partition coefficient (Wildman–Crippen LogP) is 3.81. The number of rotatable bonds is 1. The minimum Gasteiger partial charge on any atom is -0.353 e. The summed E-state index contributed by atoms with van der Waals surface area (Å²) < 4.78 is 0. The minimum atomic E-state index is 1.08. The van der Waals surface area contributed by atoms with Crippen LogP contribution in [0.3, 0.4) is 0 Å². The van der Waals surface area contributed by atoms with Crippen LogP contribution >= 0.6 is 11.8 Å². The minimum absolute atomic E-state index is 1.08. The SMILES string of the molecule is Cc1ccc(N=C2SCCN2C)c2ccccc12. The van der Waals surface area contributed by atoms with Crippen molar-refractivity contribution in [1.82, 2.24) is 4.90 Å². The summed E-state index contributed by atoms with van der Waals surface area (Å²) in [6.45, 7) is 3.24. The molecule has 1 fully saturated rings. The maximum Gasteiger partial charge on any atom is 0.164 e. The second-order valence-corrected chi connectivity index (χ2v) is 5.67. The molecule has 1 aliphatic heterocycles. The van der Waals surface area contributed by atoms with E-state index in [9.17, 15) is 0 Å².